The molecule has 0 aliphatic rings. The maximum atomic E-state index is 12.0. The van der Waals surface area contributed by atoms with Gasteiger partial charge in [-0.15, -0.1) is 11.3 Å². The molecule has 1 aromatic carbocycles. The van der Waals surface area contributed by atoms with Gasteiger partial charge in [0.1, 0.15) is 0 Å². The fourth-order valence-electron chi connectivity index (χ4n) is 1.96. The van der Waals surface area contributed by atoms with Crippen LogP contribution in [0.1, 0.15) is 15.2 Å². The minimum absolute atomic E-state index is 0.0795. The Bertz CT molecular complexity index is 750. The number of amides is 1. The fraction of sp³-hybridized carbons (Fsp3) is 0.143. The van der Waals surface area contributed by atoms with Crippen molar-refractivity contribution in [2.24, 2.45) is 0 Å². The van der Waals surface area contributed by atoms with Crippen molar-refractivity contribution in [3.63, 3.8) is 0 Å². The second-order valence-electron chi connectivity index (χ2n) is 4.35. The first-order valence-corrected chi connectivity index (χ1v) is 7.37. The summed E-state index contributed by atoms with van der Waals surface area (Å²) in [6, 6.07) is 9.27. The molecular weight excluding hydrogens is 294 g/mol. The van der Waals surface area contributed by atoms with Crippen molar-refractivity contribution in [2.45, 2.75) is 6.42 Å². The molecule has 4 nitrogen and oxygen atoms in total. The first kappa shape index (κ1) is 13.1. The SMILES string of the molecule is O=C(NCCc1ccc(Cl)s1)c1ccc2nc[nH]c2c1. The summed E-state index contributed by atoms with van der Waals surface area (Å²) in [4.78, 5) is 20.3. The number of carbonyl (C=O) groups is 1. The van der Waals surface area contributed by atoms with Crippen LogP contribution in [0.4, 0.5) is 0 Å². The lowest BCUT2D eigenvalue weighted by atomic mass is 10.2. The van der Waals surface area contributed by atoms with Gasteiger partial charge in [-0.25, -0.2) is 4.98 Å². The number of H-pyrrole nitrogens is 1. The summed E-state index contributed by atoms with van der Waals surface area (Å²) in [5, 5.41) is 2.90. The van der Waals surface area contributed by atoms with E-state index in [1.807, 2.05) is 18.2 Å². The van der Waals surface area contributed by atoms with E-state index in [2.05, 4.69) is 15.3 Å². The van der Waals surface area contributed by atoms with Crippen LogP contribution < -0.4 is 5.32 Å². The van der Waals surface area contributed by atoms with Crippen LogP contribution in [0, 0.1) is 0 Å². The highest BCUT2D eigenvalue weighted by Crippen LogP contribution is 2.21. The van der Waals surface area contributed by atoms with Crippen LogP contribution in [0.25, 0.3) is 11.0 Å². The Morgan fingerprint density at radius 3 is 3.05 bits per heavy atom. The lowest BCUT2D eigenvalue weighted by Crippen LogP contribution is -2.25. The first-order valence-electron chi connectivity index (χ1n) is 6.18. The molecule has 0 radical (unpaired) electrons. The molecule has 2 aromatic heterocycles. The number of hydrogen-bond acceptors (Lipinski definition) is 3. The van der Waals surface area contributed by atoms with E-state index in [1.54, 1.807) is 18.5 Å². The monoisotopic (exact) mass is 305 g/mol. The van der Waals surface area contributed by atoms with E-state index in [0.29, 0.717) is 12.1 Å². The molecule has 6 heteroatoms. The third-order valence-corrected chi connectivity index (χ3v) is 4.26. The van der Waals surface area contributed by atoms with Gasteiger partial charge in [0, 0.05) is 17.0 Å². The third kappa shape index (κ3) is 2.84. The summed E-state index contributed by atoms with van der Waals surface area (Å²) in [6.07, 6.45) is 2.41. The highest BCUT2D eigenvalue weighted by atomic mass is 35.5. The quantitative estimate of drug-likeness (QED) is 0.777. The zero-order valence-electron chi connectivity index (χ0n) is 10.5. The van der Waals surface area contributed by atoms with E-state index in [0.717, 1.165) is 21.8 Å². The van der Waals surface area contributed by atoms with Crippen LogP contribution in [0.5, 0.6) is 0 Å². The Morgan fingerprint density at radius 2 is 2.25 bits per heavy atom. The number of nitrogens with zero attached hydrogens (tertiary/aromatic N) is 1. The van der Waals surface area contributed by atoms with E-state index in [1.165, 1.54) is 16.2 Å². The number of thiophene rings is 1. The van der Waals surface area contributed by atoms with Gasteiger partial charge in [0.05, 0.1) is 21.7 Å². The van der Waals surface area contributed by atoms with Crippen molar-refractivity contribution >= 4 is 39.9 Å². The predicted molar refractivity (Wildman–Crippen MR) is 81.5 cm³/mol. The molecule has 0 aliphatic carbocycles. The predicted octanol–water partition coefficient (Wildman–Crippen LogP) is 3.25. The Hall–Kier alpha value is -1.85. The molecule has 0 saturated carbocycles. The molecule has 2 N–H and O–H groups in total. The number of hydrogen-bond donors (Lipinski definition) is 2. The summed E-state index contributed by atoms with van der Waals surface area (Å²) in [5.41, 5.74) is 2.35. The Morgan fingerprint density at radius 1 is 1.35 bits per heavy atom. The first-order chi connectivity index (χ1) is 9.72. The number of imidazole rings is 1. The van der Waals surface area contributed by atoms with Gasteiger partial charge in [-0.05, 0) is 36.8 Å². The van der Waals surface area contributed by atoms with Crippen molar-refractivity contribution in [3.8, 4) is 0 Å². The summed E-state index contributed by atoms with van der Waals surface area (Å²) >= 11 is 7.40. The second-order valence-corrected chi connectivity index (χ2v) is 6.15. The van der Waals surface area contributed by atoms with Crippen molar-refractivity contribution in [1.82, 2.24) is 15.3 Å². The number of carbonyl (C=O) groups excluding carboxylic acids is 1. The number of nitrogens with one attached hydrogen (secondary N) is 2. The molecular formula is C14H12ClN3OS. The maximum Gasteiger partial charge on any atom is 0.251 e. The van der Waals surface area contributed by atoms with Crippen LogP contribution in [-0.4, -0.2) is 22.4 Å². The van der Waals surface area contributed by atoms with E-state index >= 15 is 0 Å². The van der Waals surface area contributed by atoms with Crippen molar-refractivity contribution in [3.05, 3.63) is 51.4 Å². The highest BCUT2D eigenvalue weighted by molar-refractivity contribution is 7.16. The van der Waals surface area contributed by atoms with Crippen LogP contribution in [0.3, 0.4) is 0 Å². The van der Waals surface area contributed by atoms with Crippen molar-refractivity contribution < 1.29 is 4.79 Å². The zero-order chi connectivity index (χ0) is 13.9. The molecule has 3 aromatic rings. The molecule has 0 saturated heterocycles. The van der Waals surface area contributed by atoms with Crippen molar-refractivity contribution in [2.75, 3.05) is 6.54 Å². The van der Waals surface area contributed by atoms with E-state index < -0.39 is 0 Å². The van der Waals surface area contributed by atoms with Gasteiger partial charge in [0.2, 0.25) is 0 Å². The molecule has 2 heterocycles. The highest BCUT2D eigenvalue weighted by Gasteiger charge is 2.07. The Labute approximate surface area is 124 Å². The molecule has 0 atom stereocenters. The fourth-order valence-corrected chi connectivity index (χ4v) is 3.05. The molecule has 0 spiro atoms. The minimum atomic E-state index is -0.0795. The molecule has 102 valence electrons. The van der Waals surface area contributed by atoms with Gasteiger partial charge < -0.3 is 10.3 Å². The summed E-state index contributed by atoms with van der Waals surface area (Å²) in [6.45, 7) is 0.594. The number of benzene rings is 1. The summed E-state index contributed by atoms with van der Waals surface area (Å²) in [7, 11) is 0. The van der Waals surface area contributed by atoms with Gasteiger partial charge >= 0.3 is 0 Å². The molecule has 20 heavy (non-hydrogen) atoms. The van der Waals surface area contributed by atoms with Gasteiger partial charge in [-0.1, -0.05) is 11.6 Å². The van der Waals surface area contributed by atoms with E-state index in [9.17, 15) is 4.79 Å². The number of aromatic nitrogens is 2. The lowest BCUT2D eigenvalue weighted by Gasteiger charge is -2.04. The van der Waals surface area contributed by atoms with Crippen LogP contribution in [-0.2, 0) is 6.42 Å². The standard InChI is InChI=1S/C14H12ClN3OS/c15-13-4-2-10(20-13)5-6-16-14(19)9-1-3-11-12(7-9)18-8-17-11/h1-4,7-8H,5-6H2,(H,16,19)(H,17,18). The molecule has 0 bridgehead atoms. The number of halogens is 1. The van der Waals surface area contributed by atoms with E-state index in [-0.39, 0.29) is 5.91 Å². The normalized spacial score (nSPS) is 10.8. The molecule has 0 unspecified atom stereocenters. The average molecular weight is 306 g/mol. The van der Waals surface area contributed by atoms with Crippen LogP contribution in [0.15, 0.2) is 36.7 Å². The third-order valence-electron chi connectivity index (χ3n) is 2.97. The van der Waals surface area contributed by atoms with Gasteiger partial charge in [-0.3, -0.25) is 4.79 Å². The largest absolute Gasteiger partial charge is 0.352 e. The molecule has 1 amide bonds. The summed E-state index contributed by atoms with van der Waals surface area (Å²) in [5.74, 6) is -0.0795. The van der Waals surface area contributed by atoms with E-state index in [4.69, 9.17) is 11.6 Å². The lowest BCUT2D eigenvalue weighted by molar-refractivity contribution is 0.0954. The molecule has 0 aliphatic heterocycles. The number of fused-ring (bicyclic) bond motifs is 1. The minimum Gasteiger partial charge on any atom is -0.352 e. The maximum absolute atomic E-state index is 12.0. The average Bonchev–Trinajstić information content (AvgIpc) is 3.06. The van der Waals surface area contributed by atoms with Gasteiger partial charge in [-0.2, -0.15) is 0 Å². The summed E-state index contributed by atoms with van der Waals surface area (Å²) < 4.78 is 0.774. The zero-order valence-corrected chi connectivity index (χ0v) is 12.1. The number of aromatic amines is 1. The van der Waals surface area contributed by atoms with Crippen LogP contribution in [0.2, 0.25) is 4.34 Å². The topological polar surface area (TPSA) is 57.8 Å². The Kier molecular flexibility index (Phi) is 3.71. The number of rotatable bonds is 4. The molecule has 0 fully saturated rings. The molecule has 3 rings (SSSR count). The van der Waals surface area contributed by atoms with Gasteiger partial charge in [0.15, 0.2) is 0 Å². The smallest absolute Gasteiger partial charge is 0.251 e. The van der Waals surface area contributed by atoms with Crippen molar-refractivity contribution in [1.29, 1.82) is 0 Å². The second kappa shape index (κ2) is 5.64. The Balaban J connectivity index is 1.61. The van der Waals surface area contributed by atoms with Gasteiger partial charge in [0.25, 0.3) is 5.91 Å². The van der Waals surface area contributed by atoms with Crippen LogP contribution >= 0.6 is 22.9 Å².